The van der Waals surface area contributed by atoms with E-state index in [1.165, 1.54) is 0 Å². The van der Waals surface area contributed by atoms with E-state index in [0.717, 1.165) is 6.20 Å². The van der Waals surface area contributed by atoms with Gasteiger partial charge in [-0.05, 0) is 0 Å². The Bertz CT molecular complexity index is 239. The molecule has 0 radical (unpaired) electrons. The Morgan fingerprint density at radius 1 is 1.70 bits per heavy atom. The lowest BCUT2D eigenvalue weighted by Gasteiger charge is -1.94. The monoisotopic (exact) mass is 160 g/mol. The van der Waals surface area contributed by atoms with Gasteiger partial charge in [0.2, 0.25) is 0 Å². The second kappa shape index (κ2) is 2.92. The van der Waals surface area contributed by atoms with Crippen molar-refractivity contribution < 1.29 is 4.39 Å². The lowest BCUT2D eigenvalue weighted by Crippen LogP contribution is -1.94. The molecule has 0 aromatic carbocycles. The Hall–Kier alpha value is -0.700. The van der Waals surface area contributed by atoms with Crippen LogP contribution >= 0.6 is 11.6 Å². The van der Waals surface area contributed by atoms with Crippen molar-refractivity contribution >= 4 is 11.6 Å². The summed E-state index contributed by atoms with van der Waals surface area (Å²) in [6.07, 6.45) is 1.74. The van der Waals surface area contributed by atoms with Crippen LogP contribution in [0, 0.1) is 5.82 Å². The zero-order valence-corrected chi connectivity index (χ0v) is 6.19. The van der Waals surface area contributed by atoms with Crippen molar-refractivity contribution in [2.24, 2.45) is 0 Å². The van der Waals surface area contributed by atoms with Crippen LogP contribution in [-0.2, 0) is 6.42 Å². The van der Waals surface area contributed by atoms with Crippen LogP contribution in [-0.4, -0.2) is 9.97 Å². The first-order chi connectivity index (χ1) is 4.74. The number of hydrogen-bond donors (Lipinski definition) is 0. The fourth-order valence-corrected chi connectivity index (χ4v) is 0.697. The van der Waals surface area contributed by atoms with E-state index in [9.17, 15) is 4.39 Å². The molecule has 0 spiro atoms. The molecule has 0 saturated carbocycles. The minimum Gasteiger partial charge on any atom is -0.238 e. The van der Waals surface area contributed by atoms with E-state index in [-0.39, 0.29) is 5.15 Å². The summed E-state index contributed by atoms with van der Waals surface area (Å²) >= 11 is 5.37. The average Bonchev–Trinajstić information content (AvgIpc) is 1.95. The van der Waals surface area contributed by atoms with Gasteiger partial charge in [-0.25, -0.2) is 14.4 Å². The van der Waals surface area contributed by atoms with Crippen molar-refractivity contribution in [3.63, 3.8) is 0 Å². The van der Waals surface area contributed by atoms with E-state index < -0.39 is 5.82 Å². The van der Waals surface area contributed by atoms with Gasteiger partial charge in [0, 0.05) is 6.42 Å². The average molecular weight is 161 g/mol. The smallest absolute Gasteiger partial charge is 0.178 e. The predicted octanol–water partition coefficient (Wildman–Crippen LogP) is 1.83. The molecule has 4 heteroatoms. The zero-order chi connectivity index (χ0) is 7.56. The van der Waals surface area contributed by atoms with Crippen LogP contribution in [0.5, 0.6) is 0 Å². The van der Waals surface area contributed by atoms with Crippen molar-refractivity contribution in [3.05, 3.63) is 23.0 Å². The molecule has 0 atom stereocenters. The maximum atomic E-state index is 12.4. The number of aryl methyl sites for hydroxylation is 1. The van der Waals surface area contributed by atoms with E-state index in [2.05, 4.69) is 9.97 Å². The van der Waals surface area contributed by atoms with Gasteiger partial charge in [-0.1, -0.05) is 18.5 Å². The molecule has 0 N–H and O–H groups in total. The van der Waals surface area contributed by atoms with Gasteiger partial charge < -0.3 is 0 Å². The number of hydrogen-bond acceptors (Lipinski definition) is 2. The molecule has 0 fully saturated rings. The van der Waals surface area contributed by atoms with Crippen LogP contribution in [0.25, 0.3) is 0 Å². The van der Waals surface area contributed by atoms with Crippen LogP contribution in [0.15, 0.2) is 6.20 Å². The van der Waals surface area contributed by atoms with Crippen molar-refractivity contribution in [2.75, 3.05) is 0 Å². The Kier molecular flexibility index (Phi) is 2.17. The van der Waals surface area contributed by atoms with Crippen molar-refractivity contribution in [1.82, 2.24) is 9.97 Å². The normalized spacial score (nSPS) is 9.90. The van der Waals surface area contributed by atoms with Gasteiger partial charge in [0.05, 0.1) is 6.20 Å². The van der Waals surface area contributed by atoms with E-state index in [1.54, 1.807) is 0 Å². The Morgan fingerprint density at radius 2 is 2.40 bits per heavy atom. The Labute approximate surface area is 63.1 Å². The van der Waals surface area contributed by atoms with Crippen molar-refractivity contribution in [1.29, 1.82) is 0 Å². The lowest BCUT2D eigenvalue weighted by atomic mass is 10.4. The summed E-state index contributed by atoms with van der Waals surface area (Å²) in [5, 5.41) is -0.105. The second-order valence-corrected chi connectivity index (χ2v) is 2.14. The van der Waals surface area contributed by atoms with E-state index in [0.29, 0.717) is 12.2 Å². The molecule has 2 nitrogen and oxygen atoms in total. The number of aromatic nitrogens is 2. The minimum atomic E-state index is -0.570. The van der Waals surface area contributed by atoms with Gasteiger partial charge in [-0.2, -0.15) is 0 Å². The lowest BCUT2D eigenvalue weighted by molar-refractivity contribution is 0.609. The summed E-state index contributed by atoms with van der Waals surface area (Å²) in [4.78, 5) is 7.36. The molecule has 0 aliphatic rings. The van der Waals surface area contributed by atoms with E-state index in [4.69, 9.17) is 11.6 Å². The molecule has 1 aromatic rings. The maximum Gasteiger partial charge on any atom is 0.178 e. The largest absolute Gasteiger partial charge is 0.238 e. The molecule has 1 aromatic heterocycles. The fourth-order valence-electron chi connectivity index (χ4n) is 0.550. The second-order valence-electron chi connectivity index (χ2n) is 1.78. The molecule has 0 aliphatic carbocycles. The zero-order valence-electron chi connectivity index (χ0n) is 5.43. The molecular weight excluding hydrogens is 155 g/mol. The third-order valence-corrected chi connectivity index (χ3v) is 1.33. The number of nitrogens with zero attached hydrogens (tertiary/aromatic N) is 2. The summed E-state index contributed by atoms with van der Waals surface area (Å²) in [7, 11) is 0. The quantitative estimate of drug-likeness (QED) is 0.586. The van der Waals surface area contributed by atoms with Gasteiger partial charge in [0.15, 0.2) is 11.0 Å². The molecular formula is C6H6ClFN2. The third kappa shape index (κ3) is 1.42. The van der Waals surface area contributed by atoms with E-state index >= 15 is 0 Å². The van der Waals surface area contributed by atoms with Crippen LogP contribution in [0.2, 0.25) is 5.15 Å². The fraction of sp³-hybridized carbons (Fsp3) is 0.333. The number of halogens is 2. The Morgan fingerprint density at radius 3 is 2.90 bits per heavy atom. The summed E-state index contributed by atoms with van der Waals surface area (Å²) in [6, 6.07) is 0. The Balaban J connectivity index is 3.04. The highest BCUT2D eigenvalue weighted by molar-refractivity contribution is 6.29. The van der Waals surface area contributed by atoms with Gasteiger partial charge in [-0.3, -0.25) is 0 Å². The first-order valence-corrected chi connectivity index (χ1v) is 3.28. The molecule has 0 unspecified atom stereocenters. The highest BCUT2D eigenvalue weighted by atomic mass is 35.5. The summed E-state index contributed by atoms with van der Waals surface area (Å²) in [5.41, 5.74) is 0. The molecule has 1 heterocycles. The minimum absolute atomic E-state index is 0.105. The third-order valence-electron chi connectivity index (χ3n) is 1.07. The van der Waals surface area contributed by atoms with Crippen molar-refractivity contribution in [2.45, 2.75) is 13.3 Å². The van der Waals surface area contributed by atoms with Crippen LogP contribution < -0.4 is 0 Å². The van der Waals surface area contributed by atoms with Gasteiger partial charge in [-0.15, -0.1) is 0 Å². The van der Waals surface area contributed by atoms with Crippen molar-refractivity contribution in [3.8, 4) is 0 Å². The molecule has 54 valence electrons. The highest BCUT2D eigenvalue weighted by Gasteiger charge is 2.00. The molecule has 1 rings (SSSR count). The molecule has 0 bridgehead atoms. The summed E-state index contributed by atoms with van der Waals surface area (Å²) < 4.78 is 12.4. The van der Waals surface area contributed by atoms with E-state index in [1.807, 2.05) is 6.92 Å². The predicted molar refractivity (Wildman–Crippen MR) is 36.4 cm³/mol. The van der Waals surface area contributed by atoms with Crippen LogP contribution in [0.3, 0.4) is 0 Å². The SMILES string of the molecule is CCc1ncc(F)c(Cl)n1. The number of rotatable bonds is 1. The molecule has 0 amide bonds. The summed E-state index contributed by atoms with van der Waals surface area (Å²) in [5.74, 6) is -0.00901. The van der Waals surface area contributed by atoms with Crippen LogP contribution in [0.1, 0.15) is 12.7 Å². The van der Waals surface area contributed by atoms with Gasteiger partial charge in [0.25, 0.3) is 0 Å². The highest BCUT2D eigenvalue weighted by Crippen LogP contribution is 2.08. The molecule has 0 saturated heterocycles. The van der Waals surface area contributed by atoms with Crippen LogP contribution in [0.4, 0.5) is 4.39 Å². The summed E-state index contributed by atoms with van der Waals surface area (Å²) in [6.45, 7) is 1.88. The maximum absolute atomic E-state index is 12.4. The standard InChI is InChI=1S/C6H6ClFN2/c1-2-5-9-3-4(8)6(7)10-5/h3H,2H2,1H3. The first kappa shape index (κ1) is 7.41. The first-order valence-electron chi connectivity index (χ1n) is 2.91. The van der Waals surface area contributed by atoms with Gasteiger partial charge in [0.1, 0.15) is 5.82 Å². The molecule has 0 aliphatic heterocycles. The molecule has 10 heavy (non-hydrogen) atoms. The topological polar surface area (TPSA) is 25.8 Å². The van der Waals surface area contributed by atoms with Gasteiger partial charge >= 0.3 is 0 Å².